The summed E-state index contributed by atoms with van der Waals surface area (Å²) in [5.41, 5.74) is -0.126. The van der Waals surface area contributed by atoms with E-state index in [0.29, 0.717) is 6.61 Å². The van der Waals surface area contributed by atoms with E-state index in [0.717, 1.165) is 23.8 Å². The number of methoxy groups -OCH3 is 1. The Morgan fingerprint density at radius 2 is 2.26 bits per heavy atom. The summed E-state index contributed by atoms with van der Waals surface area (Å²) in [6, 6.07) is 3.90. The maximum Gasteiger partial charge on any atom is 0.188 e. The second kappa shape index (κ2) is 4.44. The summed E-state index contributed by atoms with van der Waals surface area (Å²) < 4.78 is 16.7. The number of ether oxygens (including phenoxy) is 2. The van der Waals surface area contributed by atoms with Gasteiger partial charge < -0.3 is 13.9 Å². The van der Waals surface area contributed by atoms with Crippen molar-refractivity contribution in [2.75, 3.05) is 13.7 Å². The average molecular weight is 261 g/mol. The molecule has 0 unspecified atom stereocenters. The van der Waals surface area contributed by atoms with E-state index in [1.54, 1.807) is 13.4 Å². The summed E-state index contributed by atoms with van der Waals surface area (Å²) in [5.74, 6) is 3.07. The van der Waals surface area contributed by atoms with Crippen LogP contribution in [0.1, 0.15) is 31.9 Å². The first-order valence-electron chi connectivity index (χ1n) is 6.60. The van der Waals surface area contributed by atoms with Crippen LogP contribution in [-0.4, -0.2) is 25.2 Å². The molecule has 2 aliphatic rings. The van der Waals surface area contributed by atoms with Crippen LogP contribution in [0, 0.1) is 5.92 Å². The van der Waals surface area contributed by atoms with Gasteiger partial charge in [0, 0.05) is 6.42 Å². The Bertz CT molecular complexity index is 514. The topological polar surface area (TPSA) is 44.0 Å². The van der Waals surface area contributed by atoms with Gasteiger partial charge in [0.05, 0.1) is 36.5 Å². The number of rotatable bonds is 3. The molecule has 0 fully saturated rings. The maximum absolute atomic E-state index is 5.79. The fourth-order valence-corrected chi connectivity index (χ4v) is 2.69. The summed E-state index contributed by atoms with van der Waals surface area (Å²) in [6.07, 6.45) is 4.63. The number of hydrogen-bond acceptors (Lipinski definition) is 4. The summed E-state index contributed by atoms with van der Waals surface area (Å²) >= 11 is 0. The minimum absolute atomic E-state index is 0.126. The Balaban J connectivity index is 1.89. The second-order valence-electron chi connectivity index (χ2n) is 5.74. The predicted molar refractivity (Wildman–Crippen MR) is 72.1 cm³/mol. The zero-order chi connectivity index (χ0) is 13.5. The van der Waals surface area contributed by atoms with E-state index in [1.165, 1.54) is 0 Å². The normalized spacial score (nSPS) is 28.8. The Labute approximate surface area is 113 Å². The molecule has 102 valence electrons. The van der Waals surface area contributed by atoms with Gasteiger partial charge >= 0.3 is 0 Å². The molecular formula is C15H19NO3. The summed E-state index contributed by atoms with van der Waals surface area (Å²) in [5, 5.41) is 0. The second-order valence-corrected chi connectivity index (χ2v) is 5.74. The van der Waals surface area contributed by atoms with Crippen LogP contribution in [0.2, 0.25) is 0 Å². The summed E-state index contributed by atoms with van der Waals surface area (Å²) in [6.45, 7) is 4.81. The SMILES string of the molecule is COC1=C[C@H](c2ccco2)[C@@H](C2=NC(C)(C)CO2)C1. The lowest BCUT2D eigenvalue weighted by Crippen LogP contribution is -2.18. The Kier molecular flexibility index (Phi) is 2.88. The van der Waals surface area contributed by atoms with E-state index >= 15 is 0 Å². The first-order chi connectivity index (χ1) is 9.09. The third-order valence-electron chi connectivity index (χ3n) is 3.66. The molecule has 0 saturated heterocycles. The van der Waals surface area contributed by atoms with E-state index in [1.807, 2.05) is 12.1 Å². The van der Waals surface area contributed by atoms with Crippen molar-refractivity contribution >= 4 is 5.90 Å². The van der Waals surface area contributed by atoms with Crippen molar-refractivity contribution < 1.29 is 13.9 Å². The lowest BCUT2D eigenvalue weighted by Gasteiger charge is -2.16. The molecule has 4 nitrogen and oxygen atoms in total. The molecule has 1 aliphatic carbocycles. The average Bonchev–Trinajstić information content (AvgIpc) is 3.05. The van der Waals surface area contributed by atoms with Crippen molar-refractivity contribution in [3.8, 4) is 0 Å². The lowest BCUT2D eigenvalue weighted by atomic mass is 9.93. The van der Waals surface area contributed by atoms with Crippen molar-refractivity contribution in [3.05, 3.63) is 36.0 Å². The highest BCUT2D eigenvalue weighted by Crippen LogP contribution is 2.41. The Hall–Kier alpha value is -1.71. The van der Waals surface area contributed by atoms with Gasteiger partial charge in [0.15, 0.2) is 5.90 Å². The molecule has 0 N–H and O–H groups in total. The zero-order valence-corrected chi connectivity index (χ0v) is 11.6. The summed E-state index contributed by atoms with van der Waals surface area (Å²) in [7, 11) is 1.70. The Morgan fingerprint density at radius 1 is 1.42 bits per heavy atom. The third-order valence-corrected chi connectivity index (χ3v) is 3.66. The monoisotopic (exact) mass is 261 g/mol. The van der Waals surface area contributed by atoms with Gasteiger partial charge in [-0.3, -0.25) is 0 Å². The van der Waals surface area contributed by atoms with E-state index < -0.39 is 0 Å². The van der Waals surface area contributed by atoms with E-state index in [-0.39, 0.29) is 17.4 Å². The molecule has 3 rings (SSSR count). The highest BCUT2D eigenvalue weighted by Gasteiger charge is 2.40. The molecule has 1 aliphatic heterocycles. The highest BCUT2D eigenvalue weighted by molar-refractivity contribution is 5.83. The van der Waals surface area contributed by atoms with Crippen molar-refractivity contribution in [2.24, 2.45) is 10.9 Å². The first kappa shape index (κ1) is 12.3. The van der Waals surface area contributed by atoms with Crippen LogP contribution in [0.3, 0.4) is 0 Å². The van der Waals surface area contributed by atoms with Crippen LogP contribution in [0.5, 0.6) is 0 Å². The molecule has 2 atom stereocenters. The molecule has 0 radical (unpaired) electrons. The van der Waals surface area contributed by atoms with E-state index in [4.69, 9.17) is 18.9 Å². The molecular weight excluding hydrogens is 242 g/mol. The quantitative estimate of drug-likeness (QED) is 0.839. The van der Waals surface area contributed by atoms with E-state index in [2.05, 4.69) is 19.9 Å². The van der Waals surface area contributed by atoms with Crippen LogP contribution in [0.25, 0.3) is 0 Å². The Morgan fingerprint density at radius 3 is 2.84 bits per heavy atom. The molecule has 0 aromatic carbocycles. The lowest BCUT2D eigenvalue weighted by molar-refractivity contribution is 0.252. The van der Waals surface area contributed by atoms with Crippen molar-refractivity contribution in [1.82, 2.24) is 0 Å². The number of aliphatic imine (C=N–C) groups is 1. The molecule has 19 heavy (non-hydrogen) atoms. The smallest absolute Gasteiger partial charge is 0.188 e. The van der Waals surface area contributed by atoms with Crippen LogP contribution in [0.15, 0.2) is 39.6 Å². The first-order valence-corrected chi connectivity index (χ1v) is 6.60. The van der Waals surface area contributed by atoms with Crippen LogP contribution >= 0.6 is 0 Å². The highest BCUT2D eigenvalue weighted by atomic mass is 16.5. The van der Waals surface area contributed by atoms with Gasteiger partial charge in [-0.05, 0) is 32.1 Å². The van der Waals surface area contributed by atoms with Gasteiger partial charge in [-0.15, -0.1) is 0 Å². The van der Waals surface area contributed by atoms with Gasteiger partial charge in [-0.1, -0.05) is 0 Å². The minimum atomic E-state index is -0.126. The van der Waals surface area contributed by atoms with Crippen molar-refractivity contribution in [3.63, 3.8) is 0 Å². The largest absolute Gasteiger partial charge is 0.501 e. The summed E-state index contributed by atoms with van der Waals surface area (Å²) in [4.78, 5) is 4.70. The third kappa shape index (κ3) is 2.27. The fourth-order valence-electron chi connectivity index (χ4n) is 2.69. The number of hydrogen-bond donors (Lipinski definition) is 0. The standard InChI is InChI=1S/C15H19NO3/c1-15(2)9-19-14(16-15)12-8-10(17-3)7-11(12)13-5-4-6-18-13/h4-7,11-12H,8-9H2,1-3H3/t11-,12-/m0/s1. The van der Waals surface area contributed by atoms with Crippen LogP contribution < -0.4 is 0 Å². The molecule has 1 aromatic heterocycles. The molecule has 0 saturated carbocycles. The maximum atomic E-state index is 5.79. The van der Waals surface area contributed by atoms with Gasteiger partial charge in [0.1, 0.15) is 12.4 Å². The van der Waals surface area contributed by atoms with E-state index in [9.17, 15) is 0 Å². The number of nitrogens with zero attached hydrogens (tertiary/aromatic N) is 1. The van der Waals surface area contributed by atoms with Gasteiger partial charge in [-0.2, -0.15) is 0 Å². The van der Waals surface area contributed by atoms with Crippen molar-refractivity contribution in [1.29, 1.82) is 0 Å². The number of furan rings is 1. The molecule has 4 heteroatoms. The predicted octanol–water partition coefficient (Wildman–Crippen LogP) is 3.12. The van der Waals surface area contributed by atoms with Crippen LogP contribution in [0.4, 0.5) is 0 Å². The molecule has 0 bridgehead atoms. The van der Waals surface area contributed by atoms with Gasteiger partial charge in [0.25, 0.3) is 0 Å². The number of allylic oxidation sites excluding steroid dienone is 2. The minimum Gasteiger partial charge on any atom is -0.501 e. The molecule has 1 aromatic rings. The zero-order valence-electron chi connectivity index (χ0n) is 11.6. The van der Waals surface area contributed by atoms with Gasteiger partial charge in [0.2, 0.25) is 0 Å². The molecule has 0 amide bonds. The molecule has 0 spiro atoms. The van der Waals surface area contributed by atoms with Crippen molar-refractivity contribution in [2.45, 2.75) is 31.7 Å². The molecule has 2 heterocycles. The van der Waals surface area contributed by atoms with Crippen LogP contribution in [-0.2, 0) is 9.47 Å². The van der Waals surface area contributed by atoms with Gasteiger partial charge in [-0.25, -0.2) is 4.99 Å². The fraction of sp³-hybridized carbons (Fsp3) is 0.533.